The topological polar surface area (TPSA) is 79.2 Å². The maximum atomic E-state index is 12.7. The highest BCUT2D eigenvalue weighted by Crippen LogP contribution is 2.18. The van der Waals surface area contributed by atoms with Gasteiger partial charge in [-0.1, -0.05) is 18.2 Å². The number of piperazine rings is 1. The molecular weight excluding hydrogens is 390 g/mol. The molecule has 0 saturated carbocycles. The number of rotatable bonds is 7. The van der Waals surface area contributed by atoms with Crippen LogP contribution in [0.25, 0.3) is 5.69 Å². The van der Waals surface area contributed by atoms with E-state index in [1.807, 2.05) is 12.1 Å². The van der Waals surface area contributed by atoms with Gasteiger partial charge >= 0.3 is 0 Å². The van der Waals surface area contributed by atoms with Crippen molar-refractivity contribution in [1.82, 2.24) is 30.4 Å². The third kappa shape index (κ3) is 5.46. The van der Waals surface area contributed by atoms with Gasteiger partial charge in [-0.05, 0) is 66.6 Å². The van der Waals surface area contributed by atoms with Crippen molar-refractivity contribution in [1.29, 1.82) is 0 Å². The number of nitrogens with one attached hydrogen (secondary N) is 1. The van der Waals surface area contributed by atoms with Crippen LogP contribution in [-0.2, 0) is 0 Å². The summed E-state index contributed by atoms with van der Waals surface area (Å²) < 4.78 is 1.54. The molecule has 1 atom stereocenters. The van der Waals surface area contributed by atoms with E-state index in [1.165, 1.54) is 22.3 Å². The number of benzene rings is 2. The zero-order valence-electron chi connectivity index (χ0n) is 18.1. The van der Waals surface area contributed by atoms with E-state index in [0.29, 0.717) is 5.56 Å². The largest absolute Gasteiger partial charge is 0.369 e. The summed E-state index contributed by atoms with van der Waals surface area (Å²) in [6, 6.07) is 16.1. The lowest BCUT2D eigenvalue weighted by Crippen LogP contribution is -2.47. The molecule has 1 aliphatic heterocycles. The molecule has 2 heterocycles. The van der Waals surface area contributed by atoms with Gasteiger partial charge in [0.1, 0.15) is 6.33 Å². The van der Waals surface area contributed by atoms with Gasteiger partial charge in [0.05, 0.1) is 5.69 Å². The number of anilines is 1. The van der Waals surface area contributed by atoms with Crippen molar-refractivity contribution in [2.45, 2.75) is 26.3 Å². The Bertz CT molecular complexity index is 997. The number of hydrogen-bond donors (Lipinski definition) is 1. The number of amides is 1. The minimum Gasteiger partial charge on any atom is -0.369 e. The molecule has 8 nitrogen and oxygen atoms in total. The smallest absolute Gasteiger partial charge is 0.251 e. The molecule has 1 amide bonds. The molecule has 8 heteroatoms. The van der Waals surface area contributed by atoms with Crippen molar-refractivity contribution in [3.8, 4) is 5.69 Å². The van der Waals surface area contributed by atoms with Gasteiger partial charge in [0.15, 0.2) is 0 Å². The monoisotopic (exact) mass is 419 g/mol. The van der Waals surface area contributed by atoms with Gasteiger partial charge in [0.25, 0.3) is 5.91 Å². The minimum absolute atomic E-state index is 0.0771. The fourth-order valence-corrected chi connectivity index (χ4v) is 3.88. The Morgan fingerprint density at radius 3 is 2.58 bits per heavy atom. The maximum Gasteiger partial charge on any atom is 0.251 e. The first-order chi connectivity index (χ1) is 15.1. The van der Waals surface area contributed by atoms with E-state index in [4.69, 9.17) is 0 Å². The Morgan fingerprint density at radius 2 is 1.84 bits per heavy atom. The molecule has 31 heavy (non-hydrogen) atoms. The number of carbonyl (C=O) groups is 1. The lowest BCUT2D eigenvalue weighted by molar-refractivity contribution is 0.0935. The van der Waals surface area contributed by atoms with Gasteiger partial charge in [-0.25, -0.2) is 4.68 Å². The van der Waals surface area contributed by atoms with Crippen LogP contribution < -0.4 is 10.2 Å². The minimum atomic E-state index is -0.0771. The van der Waals surface area contributed by atoms with E-state index in [-0.39, 0.29) is 11.9 Å². The van der Waals surface area contributed by atoms with Crippen LogP contribution in [0.5, 0.6) is 0 Å². The average molecular weight is 420 g/mol. The second-order valence-corrected chi connectivity index (χ2v) is 8.14. The van der Waals surface area contributed by atoms with E-state index >= 15 is 0 Å². The molecule has 1 N–H and O–H groups in total. The predicted molar refractivity (Wildman–Crippen MR) is 121 cm³/mol. The van der Waals surface area contributed by atoms with Crippen LogP contribution >= 0.6 is 0 Å². The lowest BCUT2D eigenvalue weighted by atomic mass is 10.1. The number of carbonyl (C=O) groups excluding carboxylic acids is 1. The molecule has 1 fully saturated rings. The Labute approximate surface area is 182 Å². The number of aryl methyl sites for hydroxylation is 1. The summed E-state index contributed by atoms with van der Waals surface area (Å²) in [6.07, 6.45) is 2.43. The molecule has 3 aromatic rings. The highest BCUT2D eigenvalue weighted by molar-refractivity contribution is 5.94. The van der Waals surface area contributed by atoms with E-state index in [2.05, 4.69) is 68.8 Å². The average Bonchev–Trinajstić information content (AvgIpc) is 3.33. The van der Waals surface area contributed by atoms with Crippen molar-refractivity contribution in [3.63, 3.8) is 0 Å². The maximum absolute atomic E-state index is 12.7. The predicted octanol–water partition coefficient (Wildman–Crippen LogP) is 2.30. The molecule has 1 saturated heterocycles. The third-order valence-electron chi connectivity index (χ3n) is 5.72. The Kier molecular flexibility index (Phi) is 6.57. The van der Waals surface area contributed by atoms with Crippen LogP contribution in [0.4, 0.5) is 5.69 Å². The summed E-state index contributed by atoms with van der Waals surface area (Å²) in [7, 11) is 0. The van der Waals surface area contributed by atoms with E-state index in [1.54, 1.807) is 12.1 Å². The van der Waals surface area contributed by atoms with Crippen LogP contribution in [0.15, 0.2) is 54.9 Å². The van der Waals surface area contributed by atoms with Crippen LogP contribution in [0.1, 0.15) is 29.3 Å². The Hall–Kier alpha value is -3.26. The molecule has 1 aliphatic rings. The summed E-state index contributed by atoms with van der Waals surface area (Å²) in [5.41, 5.74) is 3.97. The second-order valence-electron chi connectivity index (χ2n) is 8.14. The van der Waals surface area contributed by atoms with Crippen molar-refractivity contribution < 1.29 is 4.79 Å². The van der Waals surface area contributed by atoms with Gasteiger partial charge in [0, 0.05) is 50.0 Å². The number of hydrogen-bond acceptors (Lipinski definition) is 6. The first kappa shape index (κ1) is 21.0. The molecule has 1 aromatic heterocycles. The quantitative estimate of drug-likeness (QED) is 0.633. The van der Waals surface area contributed by atoms with Gasteiger partial charge < -0.3 is 10.2 Å². The summed E-state index contributed by atoms with van der Waals surface area (Å²) in [6.45, 7) is 9.34. The van der Waals surface area contributed by atoms with Crippen molar-refractivity contribution in [2.75, 3.05) is 37.6 Å². The normalized spacial score (nSPS) is 15.6. The zero-order chi connectivity index (χ0) is 21.6. The molecule has 162 valence electrons. The molecule has 1 unspecified atom stereocenters. The second kappa shape index (κ2) is 9.70. The standard InChI is InChI=1S/C23H29N7O/c1-18-5-3-7-21(15-18)29-13-11-28(12-14-29)10-9-19(2)25-23(31)20-6-4-8-22(16-20)30-17-24-26-27-30/h3-8,15-17,19H,9-14H2,1-2H3,(H,25,31). The highest BCUT2D eigenvalue weighted by Gasteiger charge is 2.18. The van der Waals surface area contributed by atoms with E-state index in [0.717, 1.165) is 44.8 Å². The summed E-state index contributed by atoms with van der Waals surface area (Å²) >= 11 is 0. The molecule has 0 radical (unpaired) electrons. The number of tetrazole rings is 1. The van der Waals surface area contributed by atoms with Crippen molar-refractivity contribution >= 4 is 11.6 Å². The molecular formula is C23H29N7O. The van der Waals surface area contributed by atoms with Crippen LogP contribution in [-0.4, -0.2) is 69.8 Å². The summed E-state index contributed by atoms with van der Waals surface area (Å²) in [4.78, 5) is 17.6. The summed E-state index contributed by atoms with van der Waals surface area (Å²) in [5.74, 6) is -0.0771. The van der Waals surface area contributed by atoms with Gasteiger partial charge in [-0.3, -0.25) is 9.69 Å². The van der Waals surface area contributed by atoms with Crippen molar-refractivity contribution in [3.05, 3.63) is 66.0 Å². The molecule has 0 bridgehead atoms. The van der Waals surface area contributed by atoms with Crippen LogP contribution in [0.3, 0.4) is 0 Å². The van der Waals surface area contributed by atoms with E-state index < -0.39 is 0 Å². The third-order valence-corrected chi connectivity index (χ3v) is 5.72. The lowest BCUT2D eigenvalue weighted by Gasteiger charge is -2.36. The van der Waals surface area contributed by atoms with Gasteiger partial charge in [-0.2, -0.15) is 0 Å². The Balaban J connectivity index is 1.23. The first-order valence-corrected chi connectivity index (χ1v) is 10.8. The molecule has 0 spiro atoms. The summed E-state index contributed by atoms with van der Waals surface area (Å²) in [5, 5.41) is 14.3. The fraction of sp³-hybridized carbons (Fsp3) is 0.391. The zero-order valence-corrected chi connectivity index (χ0v) is 18.1. The van der Waals surface area contributed by atoms with Gasteiger partial charge in [-0.15, -0.1) is 5.10 Å². The molecule has 2 aromatic carbocycles. The van der Waals surface area contributed by atoms with Crippen LogP contribution in [0.2, 0.25) is 0 Å². The fourth-order valence-electron chi connectivity index (χ4n) is 3.88. The Morgan fingerprint density at radius 1 is 1.06 bits per heavy atom. The SMILES string of the molecule is Cc1cccc(N2CCN(CCC(C)NC(=O)c3cccc(-n4cnnn4)c3)CC2)c1. The van der Waals surface area contributed by atoms with E-state index in [9.17, 15) is 4.79 Å². The van der Waals surface area contributed by atoms with Gasteiger partial charge in [0.2, 0.25) is 0 Å². The van der Waals surface area contributed by atoms with Crippen molar-refractivity contribution in [2.24, 2.45) is 0 Å². The van der Waals surface area contributed by atoms with Crippen LogP contribution in [0, 0.1) is 6.92 Å². The number of aromatic nitrogens is 4. The molecule has 4 rings (SSSR count). The molecule has 0 aliphatic carbocycles. The first-order valence-electron chi connectivity index (χ1n) is 10.8. The number of nitrogens with zero attached hydrogens (tertiary/aromatic N) is 6. The highest BCUT2D eigenvalue weighted by atomic mass is 16.1.